The highest BCUT2D eigenvalue weighted by Gasteiger charge is 2.21. The Kier molecular flexibility index (Phi) is 10.1. The van der Waals surface area contributed by atoms with Crippen LogP contribution in [0.3, 0.4) is 0 Å². The van der Waals surface area contributed by atoms with Gasteiger partial charge >= 0.3 is 0 Å². The second kappa shape index (κ2) is 11.7. The zero-order valence-electron chi connectivity index (χ0n) is 13.2. The molecule has 0 spiro atoms. The molecule has 3 unspecified atom stereocenters. The van der Waals surface area contributed by atoms with Crippen LogP contribution in [0.1, 0.15) is 38.5 Å². The van der Waals surface area contributed by atoms with Crippen LogP contribution in [0.25, 0.3) is 0 Å². The Morgan fingerprint density at radius 3 is 1.62 bits per heavy atom. The second-order valence-electron chi connectivity index (χ2n) is 5.48. The molecule has 120 valence electrons. The first-order chi connectivity index (χ1) is 10.3. The normalized spacial score (nSPS) is 27.1. The van der Waals surface area contributed by atoms with Gasteiger partial charge in [-0.15, -0.1) is 19.7 Å². The van der Waals surface area contributed by atoms with E-state index in [-0.39, 0.29) is 0 Å². The van der Waals surface area contributed by atoms with E-state index in [4.69, 9.17) is 14.2 Å². The summed E-state index contributed by atoms with van der Waals surface area (Å²) in [4.78, 5) is 0. The molecule has 0 aromatic carbocycles. The van der Waals surface area contributed by atoms with E-state index < -0.39 is 0 Å². The molecule has 3 atom stereocenters. The van der Waals surface area contributed by atoms with Crippen LogP contribution in [0.15, 0.2) is 38.0 Å². The van der Waals surface area contributed by atoms with Gasteiger partial charge in [-0.3, -0.25) is 0 Å². The molecule has 3 heterocycles. The van der Waals surface area contributed by atoms with Gasteiger partial charge in [-0.05, 0) is 38.5 Å². The van der Waals surface area contributed by atoms with Crippen LogP contribution < -0.4 is 0 Å². The van der Waals surface area contributed by atoms with E-state index in [0.29, 0.717) is 18.3 Å². The van der Waals surface area contributed by atoms with Gasteiger partial charge in [-0.2, -0.15) is 0 Å². The smallest absolute Gasteiger partial charge is 0.0844 e. The van der Waals surface area contributed by atoms with Crippen molar-refractivity contribution in [1.29, 1.82) is 0 Å². The topological polar surface area (TPSA) is 37.6 Å². The van der Waals surface area contributed by atoms with E-state index >= 15 is 0 Å². The Morgan fingerprint density at radius 2 is 1.24 bits per heavy atom. The molecule has 0 N–H and O–H groups in total. The van der Waals surface area contributed by atoms with E-state index in [1.165, 1.54) is 19.3 Å². The summed E-state index contributed by atoms with van der Waals surface area (Å²) >= 11 is 0. The summed E-state index contributed by atoms with van der Waals surface area (Å²) in [5, 5.41) is 0. The molecule has 0 saturated carbocycles. The molecule has 0 aliphatic carbocycles. The zero-order chi connectivity index (χ0) is 15.3. The minimum Gasteiger partial charge on any atom is -0.373 e. The lowest BCUT2D eigenvalue weighted by atomic mass is 10.2. The summed E-state index contributed by atoms with van der Waals surface area (Å²) < 4.78 is 14.9. The highest BCUT2D eigenvalue weighted by atomic mass is 16.6. The summed E-state index contributed by atoms with van der Waals surface area (Å²) in [6.45, 7) is 13.7. The molecular formula is C18H30O3. The van der Waals surface area contributed by atoms with Gasteiger partial charge in [-0.25, -0.2) is 0 Å². The molecule has 3 fully saturated rings. The second-order valence-corrected chi connectivity index (χ2v) is 5.48. The summed E-state index contributed by atoms with van der Waals surface area (Å²) in [6.07, 6.45) is 14.4. The quantitative estimate of drug-likeness (QED) is 0.366. The number of hydrogen-bond acceptors (Lipinski definition) is 3. The maximum atomic E-state index is 5.02. The predicted molar refractivity (Wildman–Crippen MR) is 87.5 cm³/mol. The summed E-state index contributed by atoms with van der Waals surface area (Å²) in [5.74, 6) is 0. The number of rotatable bonds is 9. The van der Waals surface area contributed by atoms with Crippen LogP contribution in [0.2, 0.25) is 0 Å². The van der Waals surface area contributed by atoms with Crippen molar-refractivity contribution in [2.24, 2.45) is 0 Å². The molecule has 3 aliphatic rings. The van der Waals surface area contributed by atoms with Crippen molar-refractivity contribution in [3.63, 3.8) is 0 Å². The van der Waals surface area contributed by atoms with Crippen LogP contribution in [0, 0.1) is 0 Å². The fourth-order valence-electron chi connectivity index (χ4n) is 1.65. The first-order valence-corrected chi connectivity index (χ1v) is 7.97. The van der Waals surface area contributed by atoms with Gasteiger partial charge in [0.25, 0.3) is 0 Å². The fraction of sp³-hybridized carbons (Fsp3) is 0.667. The maximum Gasteiger partial charge on any atom is 0.0844 e. The number of epoxide rings is 3. The fourth-order valence-corrected chi connectivity index (χ4v) is 1.65. The summed E-state index contributed by atoms with van der Waals surface area (Å²) in [6, 6.07) is 0. The lowest BCUT2D eigenvalue weighted by Gasteiger charge is -1.88. The Morgan fingerprint density at radius 1 is 0.714 bits per heavy atom. The molecule has 3 aliphatic heterocycles. The Bertz CT molecular complexity index is 289. The van der Waals surface area contributed by atoms with Gasteiger partial charge in [0.15, 0.2) is 0 Å². The lowest BCUT2D eigenvalue weighted by molar-refractivity contribution is 0.392. The number of hydrogen-bond donors (Lipinski definition) is 0. The predicted octanol–water partition coefficient (Wildman–Crippen LogP) is 4.05. The number of unbranched alkanes of at least 4 members (excludes halogenated alkanes) is 1. The Hall–Kier alpha value is -0.900. The summed E-state index contributed by atoms with van der Waals surface area (Å²) in [5.41, 5.74) is 0. The minimum absolute atomic E-state index is 0.530. The molecule has 0 aromatic heterocycles. The van der Waals surface area contributed by atoms with Crippen molar-refractivity contribution >= 4 is 0 Å². The van der Waals surface area contributed by atoms with Gasteiger partial charge in [0.1, 0.15) is 0 Å². The van der Waals surface area contributed by atoms with E-state index in [2.05, 4.69) is 19.7 Å². The average molecular weight is 294 g/mol. The van der Waals surface area contributed by atoms with E-state index in [9.17, 15) is 0 Å². The zero-order valence-corrected chi connectivity index (χ0v) is 13.2. The molecule has 3 nitrogen and oxygen atoms in total. The van der Waals surface area contributed by atoms with Crippen molar-refractivity contribution in [3.8, 4) is 0 Å². The van der Waals surface area contributed by atoms with Gasteiger partial charge in [0.2, 0.25) is 0 Å². The molecule has 3 rings (SSSR count). The molecule has 3 saturated heterocycles. The number of allylic oxidation sites excluding steroid dienone is 2. The lowest BCUT2D eigenvalue weighted by Crippen LogP contribution is -1.82. The van der Waals surface area contributed by atoms with Gasteiger partial charge in [0.05, 0.1) is 38.1 Å². The van der Waals surface area contributed by atoms with Crippen molar-refractivity contribution in [2.75, 3.05) is 19.8 Å². The summed E-state index contributed by atoms with van der Waals surface area (Å²) in [7, 11) is 0. The highest BCUT2D eigenvalue weighted by Crippen LogP contribution is 2.16. The van der Waals surface area contributed by atoms with Crippen LogP contribution in [-0.2, 0) is 14.2 Å². The monoisotopic (exact) mass is 294 g/mol. The van der Waals surface area contributed by atoms with Crippen LogP contribution in [0.4, 0.5) is 0 Å². The van der Waals surface area contributed by atoms with Crippen LogP contribution in [-0.4, -0.2) is 38.1 Å². The van der Waals surface area contributed by atoms with Crippen molar-refractivity contribution in [2.45, 2.75) is 56.8 Å². The van der Waals surface area contributed by atoms with Gasteiger partial charge in [-0.1, -0.05) is 18.2 Å². The first-order valence-electron chi connectivity index (χ1n) is 7.97. The van der Waals surface area contributed by atoms with Crippen LogP contribution in [0.5, 0.6) is 0 Å². The molecule has 0 aromatic rings. The minimum atomic E-state index is 0.530. The third-order valence-electron chi connectivity index (χ3n) is 3.26. The first kappa shape index (κ1) is 18.1. The molecule has 0 amide bonds. The average Bonchev–Trinajstić information content (AvgIpc) is 3.33. The number of ether oxygens (including phenoxy) is 3. The SMILES string of the molecule is C=CCC1CO1.C=CCCC1CO1.C=CCCCC1CO1. The standard InChI is InChI=1S/C7H12O.C6H10O.C5H8O/c1-2-3-4-5-7-6-8-7;1-2-3-4-6-5-7-6;1-2-3-5-4-6-5/h2,7H,1,3-6H2;2,6H,1,3-5H2;2,5H,1,3-4H2. The maximum absolute atomic E-state index is 5.02. The van der Waals surface area contributed by atoms with E-state index in [1.807, 2.05) is 18.2 Å². The van der Waals surface area contributed by atoms with Gasteiger partial charge in [0, 0.05) is 0 Å². The van der Waals surface area contributed by atoms with E-state index in [0.717, 1.165) is 39.1 Å². The molecule has 0 bridgehead atoms. The Balaban J connectivity index is 0.000000159. The van der Waals surface area contributed by atoms with E-state index in [1.54, 1.807) is 0 Å². The molecule has 21 heavy (non-hydrogen) atoms. The third kappa shape index (κ3) is 13.8. The molecule has 3 heteroatoms. The van der Waals surface area contributed by atoms with Crippen molar-refractivity contribution in [1.82, 2.24) is 0 Å². The molecule has 0 radical (unpaired) electrons. The van der Waals surface area contributed by atoms with Gasteiger partial charge < -0.3 is 14.2 Å². The highest BCUT2D eigenvalue weighted by molar-refractivity contribution is 4.79. The molecular weight excluding hydrogens is 264 g/mol. The Labute approximate surface area is 129 Å². The third-order valence-corrected chi connectivity index (χ3v) is 3.26. The van der Waals surface area contributed by atoms with Crippen LogP contribution >= 0.6 is 0 Å². The van der Waals surface area contributed by atoms with Crippen molar-refractivity contribution in [3.05, 3.63) is 38.0 Å². The van der Waals surface area contributed by atoms with Crippen molar-refractivity contribution < 1.29 is 14.2 Å². The largest absolute Gasteiger partial charge is 0.373 e.